The number of morpholine rings is 1. The van der Waals surface area contributed by atoms with Gasteiger partial charge in [-0.05, 0) is 32.5 Å². The normalized spacial score (nSPS) is 22.6. The molecule has 0 spiro atoms. The Balaban J connectivity index is 1.90. The van der Waals surface area contributed by atoms with Crippen LogP contribution in [0.25, 0.3) is 0 Å². The second-order valence-electron chi connectivity index (χ2n) is 5.32. The zero-order valence-electron chi connectivity index (χ0n) is 12.3. The fourth-order valence-corrected chi connectivity index (χ4v) is 2.69. The number of ether oxygens (including phenoxy) is 1. The molecule has 19 heavy (non-hydrogen) atoms. The number of rotatable bonds is 6. The smallest absolute Gasteiger partial charge is 0.0855 e. The summed E-state index contributed by atoms with van der Waals surface area (Å²) >= 11 is 0. The number of aromatic nitrogens is 2. The average molecular weight is 266 g/mol. The lowest BCUT2D eigenvalue weighted by Crippen LogP contribution is -2.51. The molecule has 108 valence electrons. The van der Waals surface area contributed by atoms with Crippen LogP contribution in [0.2, 0.25) is 0 Å². The van der Waals surface area contributed by atoms with Crippen molar-refractivity contribution in [3.05, 3.63) is 18.0 Å². The predicted octanol–water partition coefficient (Wildman–Crippen LogP) is 0.661. The zero-order chi connectivity index (χ0) is 13.7. The maximum Gasteiger partial charge on any atom is 0.0855 e. The molecule has 0 aromatic carbocycles. The highest BCUT2D eigenvalue weighted by Gasteiger charge is 2.26. The molecule has 1 N–H and O–H groups in total. The van der Waals surface area contributed by atoms with E-state index < -0.39 is 0 Å². The fraction of sp³-hybridized carbons (Fsp3) is 0.786. The molecule has 2 heterocycles. The third kappa shape index (κ3) is 4.03. The summed E-state index contributed by atoms with van der Waals surface area (Å²) in [7, 11) is 4.17. The third-order valence-electron chi connectivity index (χ3n) is 3.85. The Bertz CT molecular complexity index is 379. The molecule has 0 amide bonds. The molecule has 1 aliphatic rings. The number of nitrogens with one attached hydrogen (secondary N) is 1. The van der Waals surface area contributed by atoms with E-state index in [1.165, 1.54) is 5.69 Å². The van der Waals surface area contributed by atoms with E-state index in [1.54, 1.807) is 0 Å². The van der Waals surface area contributed by atoms with E-state index in [4.69, 9.17) is 4.74 Å². The minimum absolute atomic E-state index is 0.298. The van der Waals surface area contributed by atoms with Crippen LogP contribution < -0.4 is 5.32 Å². The van der Waals surface area contributed by atoms with E-state index in [1.807, 2.05) is 17.9 Å². The van der Waals surface area contributed by atoms with Crippen LogP contribution in [-0.4, -0.2) is 60.1 Å². The monoisotopic (exact) mass is 266 g/mol. The number of hydrogen-bond acceptors (Lipinski definition) is 4. The van der Waals surface area contributed by atoms with Gasteiger partial charge in [0.15, 0.2) is 0 Å². The average Bonchev–Trinajstić information content (AvgIpc) is 2.80. The van der Waals surface area contributed by atoms with Crippen LogP contribution in [0.15, 0.2) is 12.3 Å². The molecule has 2 unspecified atom stereocenters. The lowest BCUT2D eigenvalue weighted by molar-refractivity contribution is -0.0396. The van der Waals surface area contributed by atoms with Crippen LogP contribution in [0.4, 0.5) is 0 Å². The topological polar surface area (TPSA) is 42.3 Å². The Kier molecular flexibility index (Phi) is 5.36. The van der Waals surface area contributed by atoms with Gasteiger partial charge in [0.25, 0.3) is 0 Å². The lowest BCUT2D eigenvalue weighted by Gasteiger charge is -2.35. The molecule has 5 nitrogen and oxygen atoms in total. The van der Waals surface area contributed by atoms with Crippen molar-refractivity contribution < 1.29 is 4.74 Å². The molecule has 5 heteroatoms. The maximum atomic E-state index is 5.94. The Hall–Kier alpha value is -0.910. The summed E-state index contributed by atoms with van der Waals surface area (Å²) in [5.41, 5.74) is 1.28. The highest BCUT2D eigenvalue weighted by molar-refractivity contribution is 5.01. The number of likely N-dealkylation sites (N-methyl/N-ethyl adjacent to an activating group) is 2. The summed E-state index contributed by atoms with van der Waals surface area (Å²) in [6, 6.07) is 2.51. The molecule has 0 bridgehead atoms. The summed E-state index contributed by atoms with van der Waals surface area (Å²) in [5, 5.41) is 7.80. The number of nitrogens with zero attached hydrogens (tertiary/aromatic N) is 3. The van der Waals surface area contributed by atoms with Gasteiger partial charge in [0, 0.05) is 38.1 Å². The Morgan fingerprint density at radius 3 is 3.00 bits per heavy atom. The lowest BCUT2D eigenvalue weighted by atomic mass is 10.0. The van der Waals surface area contributed by atoms with E-state index in [-0.39, 0.29) is 0 Å². The van der Waals surface area contributed by atoms with Crippen molar-refractivity contribution in [2.75, 3.05) is 33.3 Å². The second-order valence-corrected chi connectivity index (χ2v) is 5.32. The fourth-order valence-electron chi connectivity index (χ4n) is 2.69. The van der Waals surface area contributed by atoms with Crippen molar-refractivity contribution >= 4 is 0 Å². The van der Waals surface area contributed by atoms with E-state index >= 15 is 0 Å². The van der Waals surface area contributed by atoms with E-state index in [0.29, 0.717) is 12.1 Å². The van der Waals surface area contributed by atoms with Crippen LogP contribution in [0, 0.1) is 0 Å². The standard InChI is InChI=1S/C14H26N4O/c1-4-15-13(14-11-17(2)9-10-19-14)6-5-12-7-8-16-18(12)3/h7-8,13-15H,4-6,9-11H2,1-3H3. The first-order valence-corrected chi connectivity index (χ1v) is 7.21. The van der Waals surface area contributed by atoms with Gasteiger partial charge in [-0.25, -0.2) is 0 Å². The number of hydrogen-bond donors (Lipinski definition) is 1. The SMILES string of the molecule is CCNC(CCc1ccnn1C)C1CN(C)CCO1. The Morgan fingerprint density at radius 1 is 1.53 bits per heavy atom. The summed E-state index contributed by atoms with van der Waals surface area (Å²) in [4.78, 5) is 2.35. The van der Waals surface area contributed by atoms with Gasteiger partial charge in [-0.2, -0.15) is 5.10 Å². The first-order valence-electron chi connectivity index (χ1n) is 7.21. The first kappa shape index (κ1) is 14.5. The van der Waals surface area contributed by atoms with Crippen molar-refractivity contribution in [3.8, 4) is 0 Å². The molecular formula is C14H26N4O. The van der Waals surface area contributed by atoms with Crippen LogP contribution in [0.3, 0.4) is 0 Å². The molecule has 1 aromatic rings. The minimum atomic E-state index is 0.298. The van der Waals surface area contributed by atoms with Gasteiger partial charge in [-0.3, -0.25) is 4.68 Å². The molecule has 2 rings (SSSR count). The quantitative estimate of drug-likeness (QED) is 0.821. The highest BCUT2D eigenvalue weighted by Crippen LogP contribution is 2.13. The highest BCUT2D eigenvalue weighted by atomic mass is 16.5. The molecule has 2 atom stereocenters. The van der Waals surface area contributed by atoms with Gasteiger partial charge in [-0.1, -0.05) is 6.92 Å². The van der Waals surface area contributed by atoms with Gasteiger partial charge >= 0.3 is 0 Å². The molecule has 1 aliphatic heterocycles. The van der Waals surface area contributed by atoms with Crippen LogP contribution >= 0.6 is 0 Å². The molecule has 1 aromatic heterocycles. The number of aryl methyl sites for hydroxylation is 2. The summed E-state index contributed by atoms with van der Waals surface area (Å²) in [5.74, 6) is 0. The Morgan fingerprint density at radius 2 is 2.37 bits per heavy atom. The largest absolute Gasteiger partial charge is 0.374 e. The predicted molar refractivity (Wildman–Crippen MR) is 76.2 cm³/mol. The van der Waals surface area contributed by atoms with Gasteiger partial charge in [0.05, 0.1) is 12.7 Å². The van der Waals surface area contributed by atoms with E-state index in [2.05, 4.69) is 35.4 Å². The van der Waals surface area contributed by atoms with Gasteiger partial charge in [0.2, 0.25) is 0 Å². The van der Waals surface area contributed by atoms with Crippen molar-refractivity contribution in [1.82, 2.24) is 20.0 Å². The van der Waals surface area contributed by atoms with Crippen LogP contribution in [0.5, 0.6) is 0 Å². The summed E-state index contributed by atoms with van der Waals surface area (Å²) < 4.78 is 7.89. The van der Waals surface area contributed by atoms with Gasteiger partial charge in [-0.15, -0.1) is 0 Å². The van der Waals surface area contributed by atoms with Crippen LogP contribution in [-0.2, 0) is 18.2 Å². The van der Waals surface area contributed by atoms with Gasteiger partial charge in [0.1, 0.15) is 0 Å². The van der Waals surface area contributed by atoms with Crippen molar-refractivity contribution in [1.29, 1.82) is 0 Å². The zero-order valence-corrected chi connectivity index (χ0v) is 12.3. The third-order valence-corrected chi connectivity index (χ3v) is 3.85. The maximum absolute atomic E-state index is 5.94. The Labute approximate surface area is 115 Å². The summed E-state index contributed by atoms with van der Waals surface area (Å²) in [6.45, 7) is 6.04. The molecule has 1 fully saturated rings. The van der Waals surface area contributed by atoms with E-state index in [0.717, 1.165) is 39.1 Å². The van der Waals surface area contributed by atoms with E-state index in [9.17, 15) is 0 Å². The van der Waals surface area contributed by atoms with Crippen LogP contribution in [0.1, 0.15) is 19.0 Å². The first-order chi connectivity index (χ1) is 9.20. The summed E-state index contributed by atoms with van der Waals surface area (Å²) in [6.07, 6.45) is 4.29. The molecule has 0 saturated carbocycles. The van der Waals surface area contributed by atoms with Crippen molar-refractivity contribution in [3.63, 3.8) is 0 Å². The van der Waals surface area contributed by atoms with Gasteiger partial charge < -0.3 is 15.0 Å². The molecule has 1 saturated heterocycles. The molecular weight excluding hydrogens is 240 g/mol. The minimum Gasteiger partial charge on any atom is -0.374 e. The second kappa shape index (κ2) is 7.03. The molecule has 0 aliphatic carbocycles. The van der Waals surface area contributed by atoms with Crippen molar-refractivity contribution in [2.45, 2.75) is 31.9 Å². The van der Waals surface area contributed by atoms with Crippen molar-refractivity contribution in [2.24, 2.45) is 7.05 Å². The molecule has 0 radical (unpaired) electrons.